The molecule has 0 aliphatic heterocycles. The van der Waals surface area contributed by atoms with Crippen LogP contribution in [0.15, 0.2) is 0 Å². The third kappa shape index (κ3) is 3.49. The second kappa shape index (κ2) is 7.88. The highest BCUT2D eigenvalue weighted by atomic mass is 19.1. The van der Waals surface area contributed by atoms with E-state index >= 15 is 0 Å². The minimum absolute atomic E-state index is 0.452. The number of alkyl halides is 1. The normalized spacial score (nSPS) is 49.4. The Morgan fingerprint density at radius 1 is 0.821 bits per heavy atom. The molecule has 4 fully saturated rings. The molecule has 0 aromatic heterocycles. The van der Waals surface area contributed by atoms with Gasteiger partial charge in [0.05, 0.1) is 0 Å². The third-order valence-corrected chi connectivity index (χ3v) is 10.8. The molecule has 4 aliphatic carbocycles. The average Bonchev–Trinajstić information content (AvgIpc) is 2.99. The Morgan fingerprint density at radius 3 is 2.29 bits per heavy atom. The molecule has 9 atom stereocenters. The number of rotatable bonds is 5. The van der Waals surface area contributed by atoms with Crippen molar-refractivity contribution in [3.05, 3.63) is 0 Å². The van der Waals surface area contributed by atoms with Crippen molar-refractivity contribution in [1.29, 1.82) is 0 Å². The summed E-state index contributed by atoms with van der Waals surface area (Å²) >= 11 is 0. The van der Waals surface area contributed by atoms with Gasteiger partial charge in [-0.3, -0.25) is 0 Å². The van der Waals surface area contributed by atoms with Crippen LogP contribution in [0.4, 0.5) is 4.39 Å². The highest BCUT2D eigenvalue weighted by Crippen LogP contribution is 2.68. The molecule has 2 unspecified atom stereocenters. The molecule has 0 radical (unpaired) electrons. The molecular weight excluding hydrogens is 343 g/mol. The highest BCUT2D eigenvalue weighted by Gasteiger charge is 2.60. The predicted molar refractivity (Wildman–Crippen MR) is 118 cm³/mol. The molecule has 162 valence electrons. The van der Waals surface area contributed by atoms with Gasteiger partial charge < -0.3 is 0 Å². The molecule has 0 nitrogen and oxygen atoms in total. The van der Waals surface area contributed by atoms with Gasteiger partial charge >= 0.3 is 0 Å². The lowest BCUT2D eigenvalue weighted by Crippen LogP contribution is -2.53. The molecule has 0 spiro atoms. The molecule has 0 N–H and O–H groups in total. The fraction of sp³-hybridized carbons (Fsp3) is 1.00. The lowest BCUT2D eigenvalue weighted by molar-refractivity contribution is -0.122. The smallest absolute Gasteiger partial charge is 0.100 e. The van der Waals surface area contributed by atoms with Gasteiger partial charge in [-0.2, -0.15) is 0 Å². The molecule has 1 heteroatoms. The lowest BCUT2D eigenvalue weighted by Gasteiger charge is -2.61. The van der Waals surface area contributed by atoms with Crippen LogP contribution in [-0.4, -0.2) is 6.17 Å². The zero-order valence-electron chi connectivity index (χ0n) is 19.5. The molecule has 0 aromatic carbocycles. The van der Waals surface area contributed by atoms with Gasteiger partial charge in [-0.05, 0) is 110 Å². The Bertz CT molecular complexity index is 540. The molecule has 4 saturated carbocycles. The van der Waals surface area contributed by atoms with Crippen molar-refractivity contribution in [2.75, 3.05) is 0 Å². The maximum absolute atomic E-state index is 14.1. The van der Waals surface area contributed by atoms with Crippen molar-refractivity contribution < 1.29 is 4.39 Å². The summed E-state index contributed by atoms with van der Waals surface area (Å²) in [5.74, 6) is 6.19. The lowest BCUT2D eigenvalue weighted by atomic mass is 9.44. The fourth-order valence-corrected chi connectivity index (χ4v) is 9.23. The summed E-state index contributed by atoms with van der Waals surface area (Å²) in [5.41, 5.74) is 1.05. The van der Waals surface area contributed by atoms with Crippen LogP contribution >= 0.6 is 0 Å². The van der Waals surface area contributed by atoms with Crippen LogP contribution in [0.5, 0.6) is 0 Å². The summed E-state index contributed by atoms with van der Waals surface area (Å²) in [6.45, 7) is 12.6. The molecule has 0 saturated heterocycles. The Labute approximate surface area is 174 Å². The van der Waals surface area contributed by atoms with Gasteiger partial charge in [-0.25, -0.2) is 4.39 Å². The summed E-state index contributed by atoms with van der Waals surface area (Å²) in [6, 6.07) is 0. The van der Waals surface area contributed by atoms with Crippen molar-refractivity contribution in [2.24, 2.45) is 52.3 Å². The van der Waals surface area contributed by atoms with Gasteiger partial charge in [-0.1, -0.05) is 53.9 Å². The first-order chi connectivity index (χ1) is 13.3. The molecule has 4 rings (SSSR count). The minimum Gasteiger partial charge on any atom is -0.247 e. The van der Waals surface area contributed by atoms with Crippen LogP contribution in [0.2, 0.25) is 0 Å². The van der Waals surface area contributed by atoms with Crippen molar-refractivity contribution in [1.82, 2.24) is 0 Å². The maximum atomic E-state index is 14.1. The van der Waals surface area contributed by atoms with Crippen molar-refractivity contribution >= 4 is 0 Å². The molecule has 0 heterocycles. The summed E-state index contributed by atoms with van der Waals surface area (Å²) < 4.78 is 14.1. The van der Waals surface area contributed by atoms with Gasteiger partial charge in [0.2, 0.25) is 0 Å². The summed E-state index contributed by atoms with van der Waals surface area (Å²) in [4.78, 5) is 0. The molecule has 0 aromatic rings. The van der Waals surface area contributed by atoms with Crippen LogP contribution in [0, 0.1) is 52.3 Å². The third-order valence-electron chi connectivity index (χ3n) is 10.8. The first-order valence-corrected chi connectivity index (χ1v) is 12.9. The van der Waals surface area contributed by atoms with E-state index in [0.29, 0.717) is 16.7 Å². The van der Waals surface area contributed by atoms with E-state index in [0.717, 1.165) is 48.3 Å². The SMILES string of the molecule is CC(C)CCC[C@@H](C)[C@H]1CC[C@H]2[C@@H]3CCC4CC(F)CC[C@]4(C)[C@H]3CC[C@]12C. The second-order valence-electron chi connectivity index (χ2n) is 12.6. The van der Waals surface area contributed by atoms with E-state index in [9.17, 15) is 4.39 Å². The topological polar surface area (TPSA) is 0 Å². The van der Waals surface area contributed by atoms with Gasteiger partial charge in [0, 0.05) is 0 Å². The second-order valence-corrected chi connectivity index (χ2v) is 12.6. The quantitative estimate of drug-likeness (QED) is 0.441. The molecular formula is C27H47F. The Morgan fingerprint density at radius 2 is 1.54 bits per heavy atom. The fourth-order valence-electron chi connectivity index (χ4n) is 9.23. The largest absolute Gasteiger partial charge is 0.247 e. The molecule has 4 aliphatic rings. The van der Waals surface area contributed by atoms with Crippen LogP contribution in [0.1, 0.15) is 112 Å². The van der Waals surface area contributed by atoms with Gasteiger partial charge in [0.15, 0.2) is 0 Å². The van der Waals surface area contributed by atoms with E-state index in [2.05, 4.69) is 34.6 Å². The first-order valence-electron chi connectivity index (χ1n) is 12.9. The Balaban J connectivity index is 1.46. The van der Waals surface area contributed by atoms with E-state index in [1.54, 1.807) is 0 Å². The van der Waals surface area contributed by atoms with Gasteiger partial charge in [-0.15, -0.1) is 0 Å². The van der Waals surface area contributed by atoms with Crippen LogP contribution in [-0.2, 0) is 0 Å². The Hall–Kier alpha value is -0.0700. The number of fused-ring (bicyclic) bond motifs is 5. The van der Waals surface area contributed by atoms with Crippen LogP contribution < -0.4 is 0 Å². The maximum Gasteiger partial charge on any atom is 0.100 e. The monoisotopic (exact) mass is 390 g/mol. The van der Waals surface area contributed by atoms with E-state index in [1.807, 2.05) is 0 Å². The molecule has 28 heavy (non-hydrogen) atoms. The Kier molecular flexibility index (Phi) is 5.96. The predicted octanol–water partition coefficient (Wildman–Crippen LogP) is 8.45. The summed E-state index contributed by atoms with van der Waals surface area (Å²) in [6.07, 6.45) is 15.2. The first kappa shape index (κ1) is 21.2. The minimum atomic E-state index is -0.508. The number of hydrogen-bond donors (Lipinski definition) is 0. The number of hydrogen-bond acceptors (Lipinski definition) is 0. The van der Waals surface area contributed by atoms with Crippen molar-refractivity contribution in [3.63, 3.8) is 0 Å². The van der Waals surface area contributed by atoms with Crippen molar-refractivity contribution in [2.45, 2.75) is 118 Å². The van der Waals surface area contributed by atoms with E-state index < -0.39 is 6.17 Å². The van der Waals surface area contributed by atoms with Crippen LogP contribution in [0.3, 0.4) is 0 Å². The van der Waals surface area contributed by atoms with Gasteiger partial charge in [0.1, 0.15) is 6.17 Å². The van der Waals surface area contributed by atoms with E-state index in [-0.39, 0.29) is 0 Å². The zero-order chi connectivity index (χ0) is 20.1. The number of halogens is 1. The van der Waals surface area contributed by atoms with E-state index in [4.69, 9.17) is 0 Å². The standard InChI is InChI=1S/C27H47F/c1-18(2)7-6-8-19(3)23-11-12-24-22-10-9-20-17-21(28)13-15-26(20,4)25(22)14-16-27(23,24)5/h18-25H,6-17H2,1-5H3/t19-,20?,21?,22+,23-,24+,25+,26+,27-/m1/s1. The van der Waals surface area contributed by atoms with Crippen LogP contribution in [0.25, 0.3) is 0 Å². The van der Waals surface area contributed by atoms with Gasteiger partial charge in [0.25, 0.3) is 0 Å². The van der Waals surface area contributed by atoms with Crippen molar-refractivity contribution in [3.8, 4) is 0 Å². The highest BCUT2D eigenvalue weighted by molar-refractivity contribution is 5.09. The zero-order valence-corrected chi connectivity index (χ0v) is 19.5. The molecule has 0 bridgehead atoms. The summed E-state index contributed by atoms with van der Waals surface area (Å²) in [5, 5.41) is 0. The van der Waals surface area contributed by atoms with E-state index in [1.165, 1.54) is 64.2 Å². The average molecular weight is 391 g/mol. The molecule has 0 amide bonds. The summed E-state index contributed by atoms with van der Waals surface area (Å²) in [7, 11) is 0.